The molecule has 0 spiro atoms. The van der Waals surface area contributed by atoms with Gasteiger partial charge in [0, 0.05) is 50.4 Å². The van der Waals surface area contributed by atoms with Crippen molar-refractivity contribution in [2.24, 2.45) is 0 Å². The van der Waals surface area contributed by atoms with Gasteiger partial charge in [0.25, 0.3) is 23.6 Å². The van der Waals surface area contributed by atoms with Gasteiger partial charge in [-0.2, -0.15) is 0 Å². The largest absolute Gasteiger partial charge is 0.311 e. The number of anilines is 4. The fourth-order valence-corrected chi connectivity index (χ4v) is 6.33. The molecule has 8 nitrogen and oxygen atoms in total. The topological polar surface area (TPSA) is 81.2 Å². The Morgan fingerprint density at radius 3 is 1.00 bits per heavy atom. The zero-order chi connectivity index (χ0) is 28.4. The van der Waals surface area contributed by atoms with E-state index in [1.165, 1.54) is 9.80 Å². The summed E-state index contributed by atoms with van der Waals surface area (Å²) in [6.45, 7) is 3.92. The summed E-state index contributed by atoms with van der Waals surface area (Å²) >= 11 is 0. The highest BCUT2D eigenvalue weighted by molar-refractivity contribution is 6.52. The normalized spacial score (nSPS) is 21.1. The molecule has 3 aromatic rings. The van der Waals surface area contributed by atoms with E-state index in [1.54, 1.807) is 50.1 Å². The first kappa shape index (κ1) is 24.1. The van der Waals surface area contributed by atoms with Crippen LogP contribution < -0.4 is 19.6 Å². The highest BCUT2D eigenvalue weighted by atomic mass is 16.2. The number of benzene rings is 3. The molecule has 0 radical (unpaired) electrons. The molecule has 8 heteroatoms. The van der Waals surface area contributed by atoms with Crippen molar-refractivity contribution in [2.45, 2.75) is 13.8 Å². The summed E-state index contributed by atoms with van der Waals surface area (Å²) in [5, 5.41) is 0. The zero-order valence-corrected chi connectivity index (χ0v) is 23.0. The number of carbonyl (C=O) groups is 4. The van der Waals surface area contributed by atoms with Crippen LogP contribution in [0.4, 0.5) is 22.7 Å². The van der Waals surface area contributed by atoms with Crippen LogP contribution in [0.2, 0.25) is 0 Å². The number of rotatable bonds is 0. The number of likely N-dealkylation sites (N-methyl/N-ethyl adjacent to an activating group) is 4. The van der Waals surface area contributed by atoms with E-state index < -0.39 is 0 Å². The molecular formula is C32H26N4O4. The molecule has 0 N–H and O–H groups in total. The van der Waals surface area contributed by atoms with Crippen LogP contribution in [0.15, 0.2) is 48.5 Å². The van der Waals surface area contributed by atoms with Crippen LogP contribution in [-0.4, -0.2) is 51.8 Å². The average Bonchev–Trinajstić information content (AvgIpc) is 3.51. The van der Waals surface area contributed by atoms with Gasteiger partial charge in [-0.3, -0.25) is 19.2 Å². The van der Waals surface area contributed by atoms with Gasteiger partial charge >= 0.3 is 0 Å². The van der Waals surface area contributed by atoms with Gasteiger partial charge in [-0.05, 0) is 49.2 Å². The summed E-state index contributed by atoms with van der Waals surface area (Å²) in [6.07, 6.45) is 0. The third-order valence-electron chi connectivity index (χ3n) is 8.52. The third kappa shape index (κ3) is 2.85. The molecule has 4 aliphatic heterocycles. The summed E-state index contributed by atoms with van der Waals surface area (Å²) in [5.41, 5.74) is 8.68. The number of aryl methyl sites for hydroxylation is 2. The Hall–Kier alpha value is -4.98. The lowest BCUT2D eigenvalue weighted by atomic mass is 9.92. The molecular weight excluding hydrogens is 504 g/mol. The number of carbonyl (C=O) groups excluding carboxylic acids is 4. The standard InChI is InChI=1S/C32H26N4O4/c1-15-7-9-17-21(11-15)33(3)29(37)25(17)27-19-13-24-20(14-23(19)35(5)31(27)39)28(32(40)36(24)6)26-18-10-8-16(2)12-22(18)34(4)30(26)38/h7-14H,1-6H3/b27-25+,28-26+. The van der Waals surface area contributed by atoms with Crippen molar-refractivity contribution >= 4 is 68.7 Å². The van der Waals surface area contributed by atoms with E-state index in [0.29, 0.717) is 55.9 Å². The molecule has 3 aromatic carbocycles. The van der Waals surface area contributed by atoms with Crippen molar-refractivity contribution in [3.8, 4) is 0 Å². The Bertz CT molecular complexity index is 1730. The second kappa shape index (κ2) is 7.79. The Morgan fingerprint density at radius 1 is 0.400 bits per heavy atom. The average molecular weight is 531 g/mol. The molecule has 0 bridgehead atoms. The molecule has 0 aromatic heterocycles. The summed E-state index contributed by atoms with van der Waals surface area (Å²) in [7, 11) is 6.75. The second-order valence-corrected chi connectivity index (χ2v) is 10.9. The summed E-state index contributed by atoms with van der Waals surface area (Å²) in [6, 6.07) is 15.1. The molecule has 0 saturated heterocycles. The van der Waals surface area contributed by atoms with E-state index in [-0.39, 0.29) is 23.6 Å². The number of nitrogens with zero attached hydrogens (tertiary/aromatic N) is 4. The molecule has 0 aliphatic carbocycles. The molecule has 198 valence electrons. The molecule has 0 fully saturated rings. The van der Waals surface area contributed by atoms with Crippen LogP contribution in [0.25, 0.3) is 22.3 Å². The number of hydrogen-bond donors (Lipinski definition) is 0. The van der Waals surface area contributed by atoms with Crippen molar-refractivity contribution in [3.05, 3.63) is 81.9 Å². The molecule has 4 aliphatic rings. The van der Waals surface area contributed by atoms with Crippen molar-refractivity contribution in [2.75, 3.05) is 47.8 Å². The Morgan fingerprint density at radius 2 is 0.675 bits per heavy atom. The van der Waals surface area contributed by atoms with Gasteiger partial charge in [0.15, 0.2) is 0 Å². The molecule has 4 heterocycles. The quantitative estimate of drug-likeness (QED) is 0.411. The summed E-state index contributed by atoms with van der Waals surface area (Å²) in [4.78, 5) is 60.6. The van der Waals surface area contributed by atoms with E-state index in [4.69, 9.17) is 0 Å². The first-order chi connectivity index (χ1) is 19.0. The van der Waals surface area contributed by atoms with Gasteiger partial charge < -0.3 is 19.6 Å². The lowest BCUT2D eigenvalue weighted by Crippen LogP contribution is -2.24. The van der Waals surface area contributed by atoms with Crippen LogP contribution in [0.1, 0.15) is 33.4 Å². The third-order valence-corrected chi connectivity index (χ3v) is 8.52. The van der Waals surface area contributed by atoms with Crippen LogP contribution in [0, 0.1) is 13.8 Å². The minimum Gasteiger partial charge on any atom is -0.311 e. The van der Waals surface area contributed by atoms with Crippen LogP contribution in [-0.2, 0) is 19.2 Å². The minimum absolute atomic E-state index is 0.246. The predicted molar refractivity (Wildman–Crippen MR) is 156 cm³/mol. The minimum atomic E-state index is -0.287. The first-order valence-corrected chi connectivity index (χ1v) is 13.0. The zero-order valence-electron chi connectivity index (χ0n) is 23.0. The van der Waals surface area contributed by atoms with Gasteiger partial charge in [-0.25, -0.2) is 0 Å². The highest BCUT2D eigenvalue weighted by Crippen LogP contribution is 2.52. The maximum Gasteiger partial charge on any atom is 0.259 e. The van der Waals surface area contributed by atoms with Crippen LogP contribution in [0.3, 0.4) is 0 Å². The van der Waals surface area contributed by atoms with Crippen molar-refractivity contribution < 1.29 is 19.2 Å². The Balaban J connectivity index is 1.49. The van der Waals surface area contributed by atoms with Crippen LogP contribution in [0.5, 0.6) is 0 Å². The van der Waals surface area contributed by atoms with E-state index in [2.05, 4.69) is 0 Å². The van der Waals surface area contributed by atoms with E-state index in [9.17, 15) is 19.2 Å². The number of hydrogen-bond acceptors (Lipinski definition) is 4. The molecule has 40 heavy (non-hydrogen) atoms. The summed E-state index contributed by atoms with van der Waals surface area (Å²) in [5.74, 6) is -1.07. The number of amides is 4. The Labute approximate surface area is 231 Å². The lowest BCUT2D eigenvalue weighted by molar-refractivity contribution is -0.114. The smallest absolute Gasteiger partial charge is 0.259 e. The fraction of sp³-hybridized carbons (Fsp3) is 0.188. The van der Waals surface area contributed by atoms with E-state index in [1.807, 2.05) is 50.2 Å². The number of fused-ring (bicyclic) bond motifs is 4. The maximum absolute atomic E-state index is 13.7. The van der Waals surface area contributed by atoms with Gasteiger partial charge in [-0.15, -0.1) is 0 Å². The summed E-state index contributed by atoms with van der Waals surface area (Å²) < 4.78 is 0. The molecule has 7 rings (SSSR count). The SMILES string of the molecule is Cc1ccc2c(c1)N(C)C(=O)/C2=C1/C(=O)N(C)c2cc3c(cc21)N(C)C(=O)/C3=C1/C(=O)N(C)c2cc(C)ccc21. The molecule has 0 atom stereocenters. The van der Waals surface area contributed by atoms with Gasteiger partial charge in [0.1, 0.15) is 0 Å². The highest BCUT2D eigenvalue weighted by Gasteiger charge is 2.44. The van der Waals surface area contributed by atoms with Crippen LogP contribution >= 0.6 is 0 Å². The predicted octanol–water partition coefficient (Wildman–Crippen LogP) is 4.03. The first-order valence-electron chi connectivity index (χ1n) is 13.0. The second-order valence-electron chi connectivity index (χ2n) is 10.9. The van der Waals surface area contributed by atoms with Gasteiger partial charge in [0.2, 0.25) is 0 Å². The monoisotopic (exact) mass is 530 g/mol. The van der Waals surface area contributed by atoms with E-state index >= 15 is 0 Å². The Kier molecular flexibility index (Phi) is 4.69. The molecule has 4 amide bonds. The van der Waals surface area contributed by atoms with Crippen molar-refractivity contribution in [3.63, 3.8) is 0 Å². The van der Waals surface area contributed by atoms with Gasteiger partial charge in [-0.1, -0.05) is 24.3 Å². The lowest BCUT2D eigenvalue weighted by Gasteiger charge is -2.13. The molecule has 0 unspecified atom stereocenters. The fourth-order valence-electron chi connectivity index (χ4n) is 6.33. The van der Waals surface area contributed by atoms with E-state index in [0.717, 1.165) is 22.5 Å². The van der Waals surface area contributed by atoms with Crippen molar-refractivity contribution in [1.29, 1.82) is 0 Å². The van der Waals surface area contributed by atoms with Crippen molar-refractivity contribution in [1.82, 2.24) is 0 Å². The maximum atomic E-state index is 13.7. The molecule has 0 saturated carbocycles. The van der Waals surface area contributed by atoms with Gasteiger partial charge in [0.05, 0.1) is 45.0 Å².